The molecular formula is C16H16FN3O. The van der Waals surface area contributed by atoms with Crippen LogP contribution < -0.4 is 10.3 Å². The SMILES string of the molecule is CN(C)c1ccc(C(=O)N/N=C\c2ccc(F)cc2)cc1. The van der Waals surface area contributed by atoms with Crippen LogP contribution >= 0.6 is 0 Å². The molecule has 1 N–H and O–H groups in total. The lowest BCUT2D eigenvalue weighted by Gasteiger charge is -2.12. The predicted molar refractivity (Wildman–Crippen MR) is 82.2 cm³/mol. The van der Waals surface area contributed by atoms with Gasteiger partial charge in [-0.1, -0.05) is 12.1 Å². The Morgan fingerprint density at radius 1 is 1.10 bits per heavy atom. The number of benzene rings is 2. The first-order chi connectivity index (χ1) is 10.1. The van der Waals surface area contributed by atoms with Crippen LogP contribution in [0, 0.1) is 5.82 Å². The van der Waals surface area contributed by atoms with Crippen molar-refractivity contribution in [3.63, 3.8) is 0 Å². The third-order valence-electron chi connectivity index (χ3n) is 2.90. The summed E-state index contributed by atoms with van der Waals surface area (Å²) in [5.41, 5.74) is 4.68. The molecular weight excluding hydrogens is 269 g/mol. The molecule has 1 amide bonds. The van der Waals surface area contributed by atoms with Crippen LogP contribution in [0.2, 0.25) is 0 Å². The van der Waals surface area contributed by atoms with Crippen LogP contribution in [0.15, 0.2) is 53.6 Å². The van der Waals surface area contributed by atoms with E-state index in [-0.39, 0.29) is 11.7 Å². The number of rotatable bonds is 4. The molecule has 0 saturated carbocycles. The minimum Gasteiger partial charge on any atom is -0.378 e. The molecule has 0 heterocycles. The van der Waals surface area contributed by atoms with Crippen molar-refractivity contribution >= 4 is 17.8 Å². The van der Waals surface area contributed by atoms with Gasteiger partial charge in [0.05, 0.1) is 6.21 Å². The van der Waals surface area contributed by atoms with E-state index < -0.39 is 0 Å². The van der Waals surface area contributed by atoms with E-state index in [1.165, 1.54) is 18.3 Å². The molecule has 0 aliphatic carbocycles. The van der Waals surface area contributed by atoms with Crippen LogP contribution in [-0.4, -0.2) is 26.2 Å². The molecule has 0 bridgehead atoms. The number of hydrazone groups is 1. The lowest BCUT2D eigenvalue weighted by molar-refractivity contribution is 0.0955. The molecule has 2 rings (SSSR count). The smallest absolute Gasteiger partial charge is 0.271 e. The molecule has 0 spiro atoms. The summed E-state index contributed by atoms with van der Waals surface area (Å²) in [4.78, 5) is 13.8. The third kappa shape index (κ3) is 4.14. The van der Waals surface area contributed by atoms with E-state index in [0.29, 0.717) is 11.1 Å². The second-order valence-corrected chi connectivity index (χ2v) is 4.69. The fourth-order valence-electron chi connectivity index (χ4n) is 1.69. The molecule has 21 heavy (non-hydrogen) atoms. The van der Waals surface area contributed by atoms with Crippen molar-refractivity contribution in [1.82, 2.24) is 5.43 Å². The van der Waals surface area contributed by atoms with Crippen LogP contribution in [0.3, 0.4) is 0 Å². The highest BCUT2D eigenvalue weighted by molar-refractivity contribution is 5.95. The first-order valence-electron chi connectivity index (χ1n) is 6.42. The largest absolute Gasteiger partial charge is 0.378 e. The highest BCUT2D eigenvalue weighted by Crippen LogP contribution is 2.12. The topological polar surface area (TPSA) is 44.7 Å². The molecule has 108 valence electrons. The van der Waals surface area contributed by atoms with E-state index in [4.69, 9.17) is 0 Å². The van der Waals surface area contributed by atoms with E-state index in [0.717, 1.165) is 5.69 Å². The number of anilines is 1. The molecule has 0 aliphatic rings. The van der Waals surface area contributed by atoms with Crippen molar-refractivity contribution in [2.45, 2.75) is 0 Å². The number of carbonyl (C=O) groups is 1. The zero-order valence-corrected chi connectivity index (χ0v) is 11.9. The van der Waals surface area contributed by atoms with Gasteiger partial charge in [0.2, 0.25) is 0 Å². The molecule has 0 aliphatic heterocycles. The lowest BCUT2D eigenvalue weighted by Crippen LogP contribution is -2.17. The summed E-state index contributed by atoms with van der Waals surface area (Å²) in [5, 5.41) is 3.85. The Morgan fingerprint density at radius 2 is 1.71 bits per heavy atom. The van der Waals surface area contributed by atoms with Gasteiger partial charge in [-0.15, -0.1) is 0 Å². The standard InChI is InChI=1S/C16H16FN3O/c1-20(2)15-9-5-13(6-10-15)16(21)19-18-11-12-3-7-14(17)8-4-12/h3-11H,1-2H3,(H,19,21)/b18-11-. The summed E-state index contributed by atoms with van der Waals surface area (Å²) < 4.78 is 12.7. The Morgan fingerprint density at radius 3 is 2.29 bits per heavy atom. The van der Waals surface area contributed by atoms with Crippen molar-refractivity contribution in [2.75, 3.05) is 19.0 Å². The van der Waals surface area contributed by atoms with Gasteiger partial charge in [-0.05, 0) is 42.0 Å². The van der Waals surface area contributed by atoms with Gasteiger partial charge in [0.25, 0.3) is 5.91 Å². The van der Waals surface area contributed by atoms with Gasteiger partial charge in [-0.2, -0.15) is 5.10 Å². The maximum atomic E-state index is 12.7. The fraction of sp³-hybridized carbons (Fsp3) is 0.125. The normalized spacial score (nSPS) is 10.6. The summed E-state index contributed by atoms with van der Waals surface area (Å²) in [6.45, 7) is 0. The van der Waals surface area contributed by atoms with E-state index in [2.05, 4.69) is 10.5 Å². The number of halogens is 1. The first-order valence-corrected chi connectivity index (χ1v) is 6.42. The van der Waals surface area contributed by atoms with Crippen LogP contribution in [0.1, 0.15) is 15.9 Å². The average molecular weight is 285 g/mol. The molecule has 2 aromatic rings. The van der Waals surface area contributed by atoms with Crippen molar-refractivity contribution < 1.29 is 9.18 Å². The first kappa shape index (κ1) is 14.7. The number of carbonyl (C=O) groups excluding carboxylic acids is 1. The molecule has 0 saturated heterocycles. The summed E-state index contributed by atoms with van der Waals surface area (Å²) >= 11 is 0. The Balaban J connectivity index is 1.96. The Labute approximate surface area is 122 Å². The van der Waals surface area contributed by atoms with Gasteiger partial charge in [0, 0.05) is 25.3 Å². The van der Waals surface area contributed by atoms with Crippen LogP contribution in [0.25, 0.3) is 0 Å². The van der Waals surface area contributed by atoms with Crippen molar-refractivity contribution in [1.29, 1.82) is 0 Å². The predicted octanol–water partition coefficient (Wildman–Crippen LogP) is 2.66. The molecule has 0 atom stereocenters. The summed E-state index contributed by atoms with van der Waals surface area (Å²) in [6.07, 6.45) is 1.46. The molecule has 0 aromatic heterocycles. The van der Waals surface area contributed by atoms with Gasteiger partial charge < -0.3 is 4.90 Å². The van der Waals surface area contributed by atoms with Crippen LogP contribution in [0.5, 0.6) is 0 Å². The molecule has 0 radical (unpaired) electrons. The van der Waals surface area contributed by atoms with Gasteiger partial charge in [-0.25, -0.2) is 9.82 Å². The molecule has 2 aromatic carbocycles. The zero-order valence-electron chi connectivity index (χ0n) is 11.9. The van der Waals surface area contributed by atoms with Gasteiger partial charge in [0.15, 0.2) is 0 Å². The highest BCUT2D eigenvalue weighted by Gasteiger charge is 2.04. The van der Waals surface area contributed by atoms with E-state index in [9.17, 15) is 9.18 Å². The highest BCUT2D eigenvalue weighted by atomic mass is 19.1. The fourth-order valence-corrected chi connectivity index (χ4v) is 1.69. The number of hydrogen-bond acceptors (Lipinski definition) is 3. The zero-order chi connectivity index (χ0) is 15.2. The average Bonchev–Trinajstić information content (AvgIpc) is 2.49. The van der Waals surface area contributed by atoms with E-state index in [1.54, 1.807) is 24.3 Å². The molecule has 0 unspecified atom stereocenters. The summed E-state index contributed by atoms with van der Waals surface area (Å²) in [6, 6.07) is 13.0. The van der Waals surface area contributed by atoms with Gasteiger partial charge in [0.1, 0.15) is 5.82 Å². The Bertz CT molecular complexity index is 634. The van der Waals surface area contributed by atoms with Crippen molar-refractivity contribution in [3.05, 3.63) is 65.5 Å². The van der Waals surface area contributed by atoms with Crippen LogP contribution in [0.4, 0.5) is 10.1 Å². The molecule has 4 nitrogen and oxygen atoms in total. The molecule has 0 fully saturated rings. The minimum atomic E-state index is -0.308. The second-order valence-electron chi connectivity index (χ2n) is 4.69. The number of amides is 1. The quantitative estimate of drug-likeness (QED) is 0.693. The van der Waals surface area contributed by atoms with E-state index in [1.807, 2.05) is 31.1 Å². The summed E-state index contributed by atoms with van der Waals surface area (Å²) in [7, 11) is 3.87. The Hall–Kier alpha value is -2.69. The maximum Gasteiger partial charge on any atom is 0.271 e. The number of nitrogens with zero attached hydrogens (tertiary/aromatic N) is 2. The number of hydrogen-bond donors (Lipinski definition) is 1. The van der Waals surface area contributed by atoms with Crippen molar-refractivity contribution in [2.24, 2.45) is 5.10 Å². The monoisotopic (exact) mass is 285 g/mol. The van der Waals surface area contributed by atoms with Crippen LogP contribution in [-0.2, 0) is 0 Å². The third-order valence-corrected chi connectivity index (χ3v) is 2.90. The van der Waals surface area contributed by atoms with E-state index >= 15 is 0 Å². The summed E-state index contributed by atoms with van der Waals surface area (Å²) in [5.74, 6) is -0.601. The second kappa shape index (κ2) is 6.65. The lowest BCUT2D eigenvalue weighted by atomic mass is 10.2. The Kier molecular flexibility index (Phi) is 4.66. The van der Waals surface area contributed by atoms with Crippen molar-refractivity contribution in [3.8, 4) is 0 Å². The minimum absolute atomic E-state index is 0.293. The molecule has 5 heteroatoms. The maximum absolute atomic E-state index is 12.7. The number of nitrogens with one attached hydrogen (secondary N) is 1. The van der Waals surface area contributed by atoms with Gasteiger partial charge in [-0.3, -0.25) is 4.79 Å². The van der Waals surface area contributed by atoms with Gasteiger partial charge >= 0.3 is 0 Å².